The fourth-order valence-corrected chi connectivity index (χ4v) is 10.3. The summed E-state index contributed by atoms with van der Waals surface area (Å²) in [5.41, 5.74) is 18.3. The summed E-state index contributed by atoms with van der Waals surface area (Å²) in [7, 11) is 0. The van der Waals surface area contributed by atoms with Crippen LogP contribution in [0.1, 0.15) is 74.9 Å². The molecule has 1 heteroatoms. The van der Waals surface area contributed by atoms with E-state index in [-0.39, 0.29) is 10.8 Å². The third-order valence-corrected chi connectivity index (χ3v) is 13.7. The van der Waals surface area contributed by atoms with Crippen LogP contribution in [0.3, 0.4) is 0 Å². The molecule has 1 nitrogen and oxygen atoms in total. The molecule has 0 aliphatic carbocycles. The quantitative estimate of drug-likeness (QED) is 0.111. The van der Waals surface area contributed by atoms with Crippen LogP contribution in [0.15, 0.2) is 224 Å². The molecule has 0 aliphatic rings. The fourth-order valence-electron chi connectivity index (χ4n) is 10.3. The number of aromatic nitrogens is 1. The van der Waals surface area contributed by atoms with Gasteiger partial charge in [-0.25, -0.2) is 0 Å². The number of hydrogen-bond donors (Lipinski definition) is 0. The molecule has 0 amide bonds. The first-order valence-corrected chi connectivity index (χ1v) is 23.7. The monoisotopic (exact) mass is 861 g/mol. The van der Waals surface area contributed by atoms with Crippen molar-refractivity contribution < 1.29 is 0 Å². The fraction of sp³-hybridized carbons (Fsp3) is 0.121. The highest BCUT2D eigenvalue weighted by Gasteiger charge is 2.24. The summed E-state index contributed by atoms with van der Waals surface area (Å²) >= 11 is 0. The van der Waals surface area contributed by atoms with Crippen molar-refractivity contribution in [1.29, 1.82) is 0 Å². The average molecular weight is 862 g/mol. The summed E-state index contributed by atoms with van der Waals surface area (Å²) in [5.74, 6) is 0. The third kappa shape index (κ3) is 7.55. The number of fused-ring (bicyclic) bond motifs is 5. The molecular weight excluding hydrogens is 807 g/mol. The van der Waals surface area contributed by atoms with Crippen LogP contribution >= 0.6 is 0 Å². The first-order valence-electron chi connectivity index (χ1n) is 23.7. The van der Waals surface area contributed by atoms with E-state index in [1.165, 1.54) is 110 Å². The zero-order valence-electron chi connectivity index (χ0n) is 39.3. The lowest BCUT2D eigenvalue weighted by atomic mass is 9.79. The van der Waals surface area contributed by atoms with Crippen LogP contribution in [0, 0.1) is 0 Å². The Morgan fingerprint density at radius 2 is 0.642 bits per heavy atom. The zero-order chi connectivity index (χ0) is 45.9. The van der Waals surface area contributed by atoms with E-state index in [0.717, 1.165) is 5.69 Å². The maximum absolute atomic E-state index is 2.48. The first-order chi connectivity index (χ1) is 32.5. The molecule has 11 rings (SSSR count). The minimum atomic E-state index is -0.0366. The maximum atomic E-state index is 2.48. The van der Waals surface area contributed by atoms with Gasteiger partial charge in [-0.05, 0) is 136 Å². The minimum Gasteiger partial charge on any atom is -0.309 e. The van der Waals surface area contributed by atoms with Crippen LogP contribution in [-0.2, 0) is 10.8 Å². The van der Waals surface area contributed by atoms with Crippen molar-refractivity contribution in [2.24, 2.45) is 0 Å². The lowest BCUT2D eigenvalue weighted by Gasteiger charge is -2.25. The first kappa shape index (κ1) is 41.9. The molecule has 0 fully saturated rings. The Labute approximate surface area is 395 Å². The van der Waals surface area contributed by atoms with Gasteiger partial charge in [-0.1, -0.05) is 230 Å². The van der Waals surface area contributed by atoms with Crippen LogP contribution in [0.25, 0.3) is 82.4 Å². The molecule has 324 valence electrons. The smallest absolute Gasteiger partial charge is 0.0541 e. The normalized spacial score (nSPS) is 12.0. The van der Waals surface area contributed by atoms with Crippen molar-refractivity contribution in [2.75, 3.05) is 0 Å². The molecule has 67 heavy (non-hydrogen) atoms. The van der Waals surface area contributed by atoms with E-state index in [2.05, 4.69) is 271 Å². The van der Waals surface area contributed by atoms with Gasteiger partial charge in [0.05, 0.1) is 11.0 Å². The highest BCUT2D eigenvalue weighted by atomic mass is 15.0. The van der Waals surface area contributed by atoms with Crippen molar-refractivity contribution >= 4 is 54.5 Å². The Hall–Kier alpha value is -7.74. The molecule has 0 atom stereocenters. The van der Waals surface area contributed by atoms with Crippen molar-refractivity contribution in [2.45, 2.75) is 52.4 Å². The van der Waals surface area contributed by atoms with Crippen molar-refractivity contribution in [3.8, 4) is 27.9 Å². The van der Waals surface area contributed by atoms with Crippen molar-refractivity contribution in [1.82, 2.24) is 4.57 Å². The number of nitrogens with zero attached hydrogens (tertiary/aromatic N) is 1. The van der Waals surface area contributed by atoms with E-state index in [1.807, 2.05) is 0 Å². The zero-order valence-corrected chi connectivity index (χ0v) is 39.3. The molecule has 0 radical (unpaired) electrons. The highest BCUT2D eigenvalue weighted by Crippen LogP contribution is 2.47. The Bertz CT molecular complexity index is 3540. The molecule has 0 aliphatic heterocycles. The summed E-state index contributed by atoms with van der Waals surface area (Å²) in [4.78, 5) is 0. The minimum absolute atomic E-state index is 0.0336. The molecule has 1 heterocycles. The van der Waals surface area contributed by atoms with Crippen LogP contribution in [0.5, 0.6) is 0 Å². The van der Waals surface area contributed by atoms with Gasteiger partial charge in [-0.15, -0.1) is 0 Å². The molecule has 1 aromatic heterocycles. The summed E-state index contributed by atoms with van der Waals surface area (Å²) in [5, 5.41) is 7.60. The van der Waals surface area contributed by atoms with E-state index < -0.39 is 0 Å². The molecule has 10 aromatic carbocycles. The molecule has 0 N–H and O–H groups in total. The second-order valence-electron chi connectivity index (χ2n) is 20.1. The predicted molar refractivity (Wildman–Crippen MR) is 288 cm³/mol. The van der Waals surface area contributed by atoms with Crippen LogP contribution in [0.4, 0.5) is 0 Å². The molecule has 0 saturated carbocycles. The van der Waals surface area contributed by atoms with Gasteiger partial charge in [-0.3, -0.25) is 0 Å². The van der Waals surface area contributed by atoms with Gasteiger partial charge in [0.25, 0.3) is 0 Å². The van der Waals surface area contributed by atoms with Gasteiger partial charge < -0.3 is 4.57 Å². The van der Waals surface area contributed by atoms with Gasteiger partial charge in [-0.2, -0.15) is 0 Å². The standard InChI is InChI=1S/C66H55N/c1-65(2,3)50-37-41-56-57(42-50)63(48-32-30-47(31-33-48)62(46-24-14-9-15-25-46)61(44-20-10-7-11-21-44)45-22-12-8-13-23-45)55-40-36-51(66(4,5)6)43-58(55)64(56)49-34-38-52(39-35-49)67-59-28-18-16-26-53(59)54-27-17-19-29-60(54)67/h7-43H,1-6H3. The number of para-hydroxylation sites is 2. The van der Waals surface area contributed by atoms with Crippen LogP contribution in [-0.4, -0.2) is 4.57 Å². The Kier molecular flexibility index (Phi) is 10.4. The van der Waals surface area contributed by atoms with Crippen molar-refractivity contribution in [3.05, 3.63) is 258 Å². The molecule has 11 aromatic rings. The summed E-state index contributed by atoms with van der Waals surface area (Å²) in [6, 6.07) is 83.3. The summed E-state index contributed by atoms with van der Waals surface area (Å²) in [6.45, 7) is 13.9. The SMILES string of the molecule is CC(C)(C)c1ccc2c(-c3ccc(-n4c5ccccc5c5ccccc54)cc3)c3cc(C(C)(C)C)ccc3c(-c3ccc(C(=C(c4ccccc4)c4ccccc4)c4ccccc4)cc3)c2c1. The molecule has 0 unspecified atom stereocenters. The van der Waals surface area contributed by atoms with E-state index in [0.29, 0.717) is 0 Å². The second kappa shape index (κ2) is 16.6. The van der Waals surface area contributed by atoms with E-state index >= 15 is 0 Å². The number of rotatable bonds is 7. The van der Waals surface area contributed by atoms with Crippen LogP contribution in [0.2, 0.25) is 0 Å². The van der Waals surface area contributed by atoms with E-state index in [9.17, 15) is 0 Å². The highest BCUT2D eigenvalue weighted by molar-refractivity contribution is 6.22. The third-order valence-electron chi connectivity index (χ3n) is 13.7. The number of benzene rings is 10. The van der Waals surface area contributed by atoms with Gasteiger partial charge in [0.1, 0.15) is 0 Å². The molecule has 0 bridgehead atoms. The molecule has 0 spiro atoms. The molecule has 0 saturated heterocycles. The van der Waals surface area contributed by atoms with Gasteiger partial charge in [0.2, 0.25) is 0 Å². The lowest BCUT2D eigenvalue weighted by molar-refractivity contribution is 0.590. The number of hydrogen-bond acceptors (Lipinski definition) is 0. The average Bonchev–Trinajstić information content (AvgIpc) is 3.69. The van der Waals surface area contributed by atoms with Gasteiger partial charge in [0, 0.05) is 16.5 Å². The Morgan fingerprint density at radius 1 is 0.299 bits per heavy atom. The Morgan fingerprint density at radius 3 is 1.03 bits per heavy atom. The summed E-state index contributed by atoms with van der Waals surface area (Å²) < 4.78 is 2.41. The van der Waals surface area contributed by atoms with E-state index in [4.69, 9.17) is 0 Å². The predicted octanol–water partition coefficient (Wildman–Crippen LogP) is 18.0. The summed E-state index contributed by atoms with van der Waals surface area (Å²) in [6.07, 6.45) is 0. The second-order valence-corrected chi connectivity index (χ2v) is 20.1. The van der Waals surface area contributed by atoms with Crippen LogP contribution < -0.4 is 0 Å². The largest absolute Gasteiger partial charge is 0.309 e. The van der Waals surface area contributed by atoms with Gasteiger partial charge >= 0.3 is 0 Å². The van der Waals surface area contributed by atoms with E-state index in [1.54, 1.807) is 0 Å². The van der Waals surface area contributed by atoms with Crippen molar-refractivity contribution in [3.63, 3.8) is 0 Å². The lowest BCUT2D eigenvalue weighted by Crippen LogP contribution is -2.11. The maximum Gasteiger partial charge on any atom is 0.0541 e. The topological polar surface area (TPSA) is 4.93 Å². The molecular formula is C66H55N. The Balaban J connectivity index is 1.15. The van der Waals surface area contributed by atoms with Gasteiger partial charge in [0.15, 0.2) is 0 Å².